The monoisotopic (exact) mass is 251 g/mol. The van der Waals surface area contributed by atoms with E-state index in [1.165, 1.54) is 44.6 Å². The van der Waals surface area contributed by atoms with E-state index < -0.39 is 0 Å². The molecular weight excluding hydrogens is 229 g/mol. The van der Waals surface area contributed by atoms with Crippen molar-refractivity contribution in [2.75, 3.05) is 13.2 Å². The molecule has 0 bridgehead atoms. The first-order valence-electron chi connectivity index (χ1n) is 6.97. The summed E-state index contributed by atoms with van der Waals surface area (Å²) in [4.78, 5) is 0. The summed E-state index contributed by atoms with van der Waals surface area (Å²) in [5, 5.41) is 3.50. The molecule has 0 unspecified atom stereocenters. The van der Waals surface area contributed by atoms with Gasteiger partial charge in [0, 0.05) is 12.6 Å². The summed E-state index contributed by atoms with van der Waals surface area (Å²) in [6.45, 7) is 1.32. The third-order valence-electron chi connectivity index (χ3n) is 3.48. The van der Waals surface area contributed by atoms with E-state index in [1.54, 1.807) is 18.2 Å². The van der Waals surface area contributed by atoms with Crippen molar-refractivity contribution in [3.05, 3.63) is 30.1 Å². The molecule has 0 heterocycles. The predicted molar refractivity (Wildman–Crippen MR) is 71.4 cm³/mol. The van der Waals surface area contributed by atoms with Gasteiger partial charge in [0.05, 0.1) is 0 Å². The summed E-state index contributed by atoms with van der Waals surface area (Å²) >= 11 is 0. The van der Waals surface area contributed by atoms with Gasteiger partial charge in [0.1, 0.15) is 6.61 Å². The Morgan fingerprint density at radius 2 is 1.83 bits per heavy atom. The quantitative estimate of drug-likeness (QED) is 0.638. The highest BCUT2D eigenvalue weighted by molar-refractivity contribution is 5.23. The topological polar surface area (TPSA) is 21.3 Å². The fraction of sp³-hybridized carbons (Fsp3) is 0.600. The van der Waals surface area contributed by atoms with Crippen molar-refractivity contribution < 1.29 is 9.13 Å². The molecule has 0 aromatic heterocycles. The second-order valence-corrected chi connectivity index (χ2v) is 4.92. The van der Waals surface area contributed by atoms with Gasteiger partial charge in [-0.25, -0.2) is 4.39 Å². The van der Waals surface area contributed by atoms with Crippen LogP contribution in [0, 0.1) is 5.82 Å². The largest absolute Gasteiger partial charge is 0.489 e. The molecule has 2 nitrogen and oxygen atoms in total. The minimum atomic E-state index is -0.285. The molecule has 0 amide bonds. The number of rotatable bonds is 5. The average molecular weight is 251 g/mol. The lowest BCUT2D eigenvalue weighted by Gasteiger charge is -2.16. The lowest BCUT2D eigenvalue weighted by Crippen LogP contribution is -2.32. The Hall–Kier alpha value is -1.09. The summed E-state index contributed by atoms with van der Waals surface area (Å²) in [5.74, 6) is 0.0622. The van der Waals surface area contributed by atoms with Gasteiger partial charge in [-0.15, -0.1) is 0 Å². The highest BCUT2D eigenvalue weighted by Crippen LogP contribution is 2.17. The second-order valence-electron chi connectivity index (χ2n) is 4.92. The maximum atomic E-state index is 13.3. The van der Waals surface area contributed by atoms with Crippen molar-refractivity contribution in [1.82, 2.24) is 5.32 Å². The summed E-state index contributed by atoms with van der Waals surface area (Å²) in [5.41, 5.74) is 0. The van der Waals surface area contributed by atoms with Gasteiger partial charge in [-0.2, -0.15) is 0 Å². The van der Waals surface area contributed by atoms with Crippen molar-refractivity contribution in [3.63, 3.8) is 0 Å². The van der Waals surface area contributed by atoms with Crippen LogP contribution in [0.5, 0.6) is 5.75 Å². The van der Waals surface area contributed by atoms with Crippen molar-refractivity contribution in [2.45, 2.75) is 44.6 Å². The molecule has 0 aliphatic heterocycles. The van der Waals surface area contributed by atoms with E-state index in [9.17, 15) is 4.39 Å². The normalized spacial score (nSPS) is 17.4. The number of ether oxygens (including phenoxy) is 1. The molecule has 1 aliphatic carbocycles. The number of nitrogens with one attached hydrogen (secondary N) is 1. The summed E-state index contributed by atoms with van der Waals surface area (Å²) < 4.78 is 18.7. The van der Waals surface area contributed by atoms with Crippen LogP contribution in [-0.2, 0) is 0 Å². The van der Waals surface area contributed by atoms with Crippen LogP contribution in [0.2, 0.25) is 0 Å². The molecule has 18 heavy (non-hydrogen) atoms. The number of hydrogen-bond donors (Lipinski definition) is 1. The van der Waals surface area contributed by atoms with E-state index in [0.717, 1.165) is 6.54 Å². The molecule has 1 aliphatic rings. The SMILES string of the molecule is Fc1ccccc1OCCNC1CCCCCC1. The number of benzene rings is 1. The maximum Gasteiger partial charge on any atom is 0.165 e. The van der Waals surface area contributed by atoms with Gasteiger partial charge in [-0.1, -0.05) is 37.8 Å². The molecule has 0 spiro atoms. The van der Waals surface area contributed by atoms with Gasteiger partial charge in [0.2, 0.25) is 0 Å². The van der Waals surface area contributed by atoms with E-state index in [-0.39, 0.29) is 5.82 Å². The Kier molecular flexibility index (Phi) is 5.46. The number of para-hydroxylation sites is 1. The Balaban J connectivity index is 1.65. The zero-order valence-electron chi connectivity index (χ0n) is 10.8. The summed E-state index contributed by atoms with van der Waals surface area (Å²) in [6, 6.07) is 7.18. The van der Waals surface area contributed by atoms with Crippen molar-refractivity contribution >= 4 is 0 Å². The molecule has 1 aromatic rings. The maximum absolute atomic E-state index is 13.3. The minimum Gasteiger partial charge on any atom is -0.489 e. The smallest absolute Gasteiger partial charge is 0.165 e. The van der Waals surface area contributed by atoms with Crippen LogP contribution in [0.4, 0.5) is 4.39 Å². The zero-order valence-corrected chi connectivity index (χ0v) is 10.8. The standard InChI is InChI=1S/C15H22FNO/c16-14-9-5-6-10-15(14)18-12-11-17-13-7-3-1-2-4-8-13/h5-6,9-10,13,17H,1-4,7-8,11-12H2. The average Bonchev–Trinajstić information content (AvgIpc) is 2.65. The molecule has 0 radical (unpaired) electrons. The predicted octanol–water partition coefficient (Wildman–Crippen LogP) is 3.52. The first kappa shape index (κ1) is 13.3. The molecule has 0 atom stereocenters. The fourth-order valence-corrected chi connectivity index (χ4v) is 2.47. The van der Waals surface area contributed by atoms with Crippen LogP contribution in [-0.4, -0.2) is 19.2 Å². The molecule has 1 fully saturated rings. The molecule has 1 aromatic carbocycles. The van der Waals surface area contributed by atoms with E-state index >= 15 is 0 Å². The number of hydrogen-bond acceptors (Lipinski definition) is 2. The van der Waals surface area contributed by atoms with Gasteiger partial charge in [0.15, 0.2) is 11.6 Å². The Bertz CT molecular complexity index is 348. The number of halogens is 1. The van der Waals surface area contributed by atoms with Crippen LogP contribution in [0.3, 0.4) is 0 Å². The van der Waals surface area contributed by atoms with E-state index in [2.05, 4.69) is 5.32 Å². The van der Waals surface area contributed by atoms with Gasteiger partial charge in [-0.05, 0) is 25.0 Å². The third kappa shape index (κ3) is 4.30. The Morgan fingerprint density at radius 1 is 1.11 bits per heavy atom. The van der Waals surface area contributed by atoms with Gasteiger partial charge in [0.25, 0.3) is 0 Å². The van der Waals surface area contributed by atoms with Crippen LogP contribution in [0.25, 0.3) is 0 Å². The van der Waals surface area contributed by atoms with Gasteiger partial charge in [-0.3, -0.25) is 0 Å². The Morgan fingerprint density at radius 3 is 2.56 bits per heavy atom. The van der Waals surface area contributed by atoms with Crippen LogP contribution in [0.15, 0.2) is 24.3 Å². The first-order valence-corrected chi connectivity index (χ1v) is 6.97. The summed E-state index contributed by atoms with van der Waals surface area (Å²) in [7, 11) is 0. The van der Waals surface area contributed by atoms with Gasteiger partial charge >= 0.3 is 0 Å². The van der Waals surface area contributed by atoms with Crippen LogP contribution >= 0.6 is 0 Å². The van der Waals surface area contributed by atoms with Crippen molar-refractivity contribution in [3.8, 4) is 5.75 Å². The van der Waals surface area contributed by atoms with Crippen LogP contribution < -0.4 is 10.1 Å². The first-order chi connectivity index (χ1) is 8.86. The fourth-order valence-electron chi connectivity index (χ4n) is 2.47. The molecule has 3 heteroatoms. The van der Waals surface area contributed by atoms with E-state index in [0.29, 0.717) is 18.4 Å². The lowest BCUT2D eigenvalue weighted by molar-refractivity contribution is 0.287. The molecule has 1 N–H and O–H groups in total. The second kappa shape index (κ2) is 7.37. The van der Waals surface area contributed by atoms with Crippen LogP contribution in [0.1, 0.15) is 38.5 Å². The van der Waals surface area contributed by atoms with Crippen molar-refractivity contribution in [2.24, 2.45) is 0 Å². The third-order valence-corrected chi connectivity index (χ3v) is 3.48. The molecule has 0 saturated heterocycles. The zero-order chi connectivity index (χ0) is 12.6. The molecule has 2 rings (SSSR count). The minimum absolute atomic E-state index is 0.285. The van der Waals surface area contributed by atoms with Crippen molar-refractivity contribution in [1.29, 1.82) is 0 Å². The lowest BCUT2D eigenvalue weighted by atomic mass is 10.1. The van der Waals surface area contributed by atoms with Gasteiger partial charge < -0.3 is 10.1 Å². The highest BCUT2D eigenvalue weighted by Gasteiger charge is 2.11. The summed E-state index contributed by atoms with van der Waals surface area (Å²) in [6.07, 6.45) is 7.91. The van der Waals surface area contributed by atoms with E-state index in [1.807, 2.05) is 0 Å². The molecule has 100 valence electrons. The highest BCUT2D eigenvalue weighted by atomic mass is 19.1. The van der Waals surface area contributed by atoms with E-state index in [4.69, 9.17) is 4.74 Å². The Labute approximate surface area is 109 Å². The molecule has 1 saturated carbocycles. The molecular formula is C15H22FNO.